The van der Waals surface area contributed by atoms with Crippen LogP contribution in [0.25, 0.3) is 16.6 Å². The topological polar surface area (TPSA) is 111 Å². The second-order valence-electron chi connectivity index (χ2n) is 8.41. The van der Waals surface area contributed by atoms with Crippen LogP contribution in [0.15, 0.2) is 59.5 Å². The average Bonchev–Trinajstić information content (AvgIpc) is 3.22. The number of amides is 2. The molecule has 0 unspecified atom stereocenters. The average molecular weight is 459 g/mol. The van der Waals surface area contributed by atoms with E-state index < -0.39 is 11.5 Å². The van der Waals surface area contributed by atoms with Gasteiger partial charge in [0.25, 0.3) is 5.56 Å². The van der Waals surface area contributed by atoms with Crippen molar-refractivity contribution in [2.24, 2.45) is 0 Å². The highest BCUT2D eigenvalue weighted by molar-refractivity contribution is 5.92. The van der Waals surface area contributed by atoms with Crippen molar-refractivity contribution in [2.45, 2.75) is 40.2 Å². The highest BCUT2D eigenvalue weighted by Crippen LogP contribution is 2.24. The number of anilines is 2. The lowest BCUT2D eigenvalue weighted by Gasteiger charge is -2.13. The number of rotatable bonds is 6. The summed E-state index contributed by atoms with van der Waals surface area (Å²) in [5, 5.41) is 15.1. The second-order valence-corrected chi connectivity index (χ2v) is 8.41. The zero-order valence-electron chi connectivity index (χ0n) is 19.5. The van der Waals surface area contributed by atoms with Gasteiger partial charge in [-0.3, -0.25) is 14.4 Å². The monoisotopic (exact) mass is 458 g/mol. The van der Waals surface area contributed by atoms with Crippen molar-refractivity contribution in [1.82, 2.24) is 19.6 Å². The molecule has 34 heavy (non-hydrogen) atoms. The van der Waals surface area contributed by atoms with Crippen molar-refractivity contribution < 1.29 is 9.59 Å². The first kappa shape index (κ1) is 22.9. The van der Waals surface area contributed by atoms with Crippen LogP contribution in [0.4, 0.5) is 11.4 Å². The maximum atomic E-state index is 13.4. The fraction of sp³-hybridized carbons (Fsp3) is 0.240. The molecule has 2 amide bonds. The van der Waals surface area contributed by atoms with E-state index in [1.807, 2.05) is 45.0 Å². The second kappa shape index (κ2) is 9.30. The van der Waals surface area contributed by atoms with Crippen molar-refractivity contribution in [3.63, 3.8) is 0 Å². The molecule has 9 heteroatoms. The molecule has 2 N–H and O–H groups in total. The summed E-state index contributed by atoms with van der Waals surface area (Å²) >= 11 is 0. The summed E-state index contributed by atoms with van der Waals surface area (Å²) in [7, 11) is 0. The highest BCUT2D eigenvalue weighted by atomic mass is 16.2. The number of hydrogen-bond acceptors (Lipinski definition) is 5. The molecular formula is C25H26N6O3. The molecule has 0 aliphatic heterocycles. The molecule has 0 spiro atoms. The van der Waals surface area contributed by atoms with E-state index in [2.05, 4.69) is 20.8 Å². The third-order valence-electron chi connectivity index (χ3n) is 5.38. The lowest BCUT2D eigenvalue weighted by molar-refractivity contribution is -0.117. The summed E-state index contributed by atoms with van der Waals surface area (Å²) < 4.78 is 2.81. The van der Waals surface area contributed by atoms with Crippen LogP contribution in [0, 0.1) is 6.92 Å². The Kier molecular flexibility index (Phi) is 6.27. The van der Waals surface area contributed by atoms with Gasteiger partial charge in [-0.15, -0.1) is 0 Å². The van der Waals surface area contributed by atoms with Gasteiger partial charge >= 0.3 is 0 Å². The first-order chi connectivity index (χ1) is 16.2. The van der Waals surface area contributed by atoms with Crippen LogP contribution < -0.4 is 16.2 Å². The molecule has 9 nitrogen and oxygen atoms in total. The van der Waals surface area contributed by atoms with E-state index in [1.165, 1.54) is 11.6 Å². The van der Waals surface area contributed by atoms with Gasteiger partial charge in [-0.2, -0.15) is 10.2 Å². The Morgan fingerprint density at radius 1 is 1.00 bits per heavy atom. The molecule has 4 aromatic rings. The minimum Gasteiger partial charge on any atom is -0.326 e. The summed E-state index contributed by atoms with van der Waals surface area (Å²) in [5.41, 5.74) is 3.63. The van der Waals surface area contributed by atoms with Crippen LogP contribution in [0.3, 0.4) is 0 Å². The normalized spacial score (nSPS) is 11.1. The van der Waals surface area contributed by atoms with Gasteiger partial charge in [0, 0.05) is 23.7 Å². The zero-order chi connectivity index (χ0) is 24.4. The maximum absolute atomic E-state index is 13.4. The van der Waals surface area contributed by atoms with Gasteiger partial charge in [0.15, 0.2) is 0 Å². The molecule has 2 aromatic heterocycles. The van der Waals surface area contributed by atoms with E-state index in [9.17, 15) is 14.4 Å². The Labute approximate surface area is 196 Å². The molecule has 2 aromatic carbocycles. The van der Waals surface area contributed by atoms with E-state index in [0.717, 1.165) is 11.3 Å². The first-order valence-corrected chi connectivity index (χ1v) is 11.0. The van der Waals surface area contributed by atoms with Crippen LogP contribution in [0.5, 0.6) is 0 Å². The minimum absolute atomic E-state index is 0.0215. The van der Waals surface area contributed by atoms with Gasteiger partial charge in [0.05, 0.1) is 17.6 Å². The lowest BCUT2D eigenvalue weighted by Crippen LogP contribution is -2.31. The summed E-state index contributed by atoms with van der Waals surface area (Å²) in [6.07, 6.45) is 1.66. The zero-order valence-corrected chi connectivity index (χ0v) is 19.5. The van der Waals surface area contributed by atoms with Gasteiger partial charge in [0.2, 0.25) is 11.8 Å². The van der Waals surface area contributed by atoms with Crippen LogP contribution >= 0.6 is 0 Å². The predicted molar refractivity (Wildman–Crippen MR) is 131 cm³/mol. The molecule has 0 saturated carbocycles. The SMILES string of the molecule is CC(=O)Nc1ccc(NC(=O)Cn2nc(C(C)C)c3cnn(-c4ccccc4C)c3c2=O)cc1. The summed E-state index contributed by atoms with van der Waals surface area (Å²) in [6, 6.07) is 14.4. The summed E-state index contributed by atoms with van der Waals surface area (Å²) in [5.74, 6) is -0.547. The number of fused-ring (bicyclic) bond motifs is 1. The smallest absolute Gasteiger partial charge is 0.293 e. The maximum Gasteiger partial charge on any atom is 0.293 e. The minimum atomic E-state index is -0.392. The number of aryl methyl sites for hydroxylation is 1. The molecule has 2 heterocycles. The van der Waals surface area contributed by atoms with E-state index >= 15 is 0 Å². The fourth-order valence-electron chi connectivity index (χ4n) is 3.79. The first-order valence-electron chi connectivity index (χ1n) is 11.0. The van der Waals surface area contributed by atoms with Crippen LogP contribution in [0.1, 0.15) is 37.9 Å². The van der Waals surface area contributed by atoms with Crippen molar-refractivity contribution in [1.29, 1.82) is 0 Å². The van der Waals surface area contributed by atoms with Crippen molar-refractivity contribution in [2.75, 3.05) is 10.6 Å². The molecule has 0 atom stereocenters. The number of aromatic nitrogens is 4. The van der Waals surface area contributed by atoms with Gasteiger partial charge in [-0.25, -0.2) is 9.36 Å². The molecule has 174 valence electrons. The quantitative estimate of drug-likeness (QED) is 0.459. The Bertz CT molecular complexity index is 1430. The standard InChI is InChI=1S/C25H26N6O3/c1-15(2)23-20-13-26-31(21-8-6-5-7-16(21)3)24(20)25(34)30(29-23)14-22(33)28-19-11-9-18(10-12-19)27-17(4)32/h5-13,15H,14H2,1-4H3,(H,27,32)(H,28,33). The number of hydrogen-bond donors (Lipinski definition) is 2. The number of nitrogens with zero attached hydrogens (tertiary/aromatic N) is 4. The molecule has 0 bridgehead atoms. The number of carbonyl (C=O) groups excluding carboxylic acids is 2. The van der Waals surface area contributed by atoms with Crippen LogP contribution in [-0.2, 0) is 16.1 Å². The summed E-state index contributed by atoms with van der Waals surface area (Å²) in [6.45, 7) is 7.10. The Hall–Kier alpha value is -4.27. The Balaban J connectivity index is 1.68. The molecule has 0 fully saturated rings. The third-order valence-corrected chi connectivity index (χ3v) is 5.38. The third kappa shape index (κ3) is 4.59. The largest absolute Gasteiger partial charge is 0.326 e. The van der Waals surface area contributed by atoms with Gasteiger partial charge in [0.1, 0.15) is 12.1 Å². The molecule has 0 saturated heterocycles. The molecule has 0 aliphatic rings. The molecule has 0 radical (unpaired) electrons. The van der Waals surface area contributed by atoms with Gasteiger partial charge < -0.3 is 10.6 Å². The van der Waals surface area contributed by atoms with E-state index in [1.54, 1.807) is 35.1 Å². The van der Waals surface area contributed by atoms with Crippen LogP contribution in [-0.4, -0.2) is 31.4 Å². The number of para-hydroxylation sites is 1. The summed E-state index contributed by atoms with van der Waals surface area (Å²) in [4.78, 5) is 37.3. The van der Waals surface area contributed by atoms with E-state index in [4.69, 9.17) is 0 Å². The van der Waals surface area contributed by atoms with Crippen molar-refractivity contribution >= 4 is 34.1 Å². The fourth-order valence-corrected chi connectivity index (χ4v) is 3.79. The number of carbonyl (C=O) groups is 2. The Morgan fingerprint density at radius 2 is 1.65 bits per heavy atom. The lowest BCUT2D eigenvalue weighted by atomic mass is 10.1. The van der Waals surface area contributed by atoms with Crippen LogP contribution in [0.2, 0.25) is 0 Å². The number of nitrogens with one attached hydrogen (secondary N) is 2. The van der Waals surface area contributed by atoms with Crippen molar-refractivity contribution in [3.05, 3.63) is 76.3 Å². The van der Waals surface area contributed by atoms with Gasteiger partial charge in [-0.1, -0.05) is 32.0 Å². The molecular weight excluding hydrogens is 432 g/mol. The van der Waals surface area contributed by atoms with E-state index in [0.29, 0.717) is 28.0 Å². The predicted octanol–water partition coefficient (Wildman–Crippen LogP) is 3.61. The Morgan fingerprint density at radius 3 is 2.26 bits per heavy atom. The highest BCUT2D eigenvalue weighted by Gasteiger charge is 2.20. The number of benzene rings is 2. The molecule has 4 rings (SSSR count). The molecule has 0 aliphatic carbocycles. The van der Waals surface area contributed by atoms with E-state index in [-0.39, 0.29) is 18.4 Å². The van der Waals surface area contributed by atoms with Crippen molar-refractivity contribution in [3.8, 4) is 5.69 Å². The van der Waals surface area contributed by atoms with Gasteiger partial charge in [-0.05, 0) is 48.7 Å².